The van der Waals surface area contributed by atoms with Crippen LogP contribution in [0.15, 0.2) is 24.3 Å². The lowest BCUT2D eigenvalue weighted by Gasteiger charge is -2.38. The number of hydrogen-bond acceptors (Lipinski definition) is 2. The van der Waals surface area contributed by atoms with E-state index in [2.05, 4.69) is 42.3 Å². The molecule has 0 bridgehead atoms. The summed E-state index contributed by atoms with van der Waals surface area (Å²) in [5.74, 6) is 0. The molecule has 0 unspecified atom stereocenters. The summed E-state index contributed by atoms with van der Waals surface area (Å²) in [4.78, 5) is 2.38. The van der Waals surface area contributed by atoms with Gasteiger partial charge < -0.3 is 10.6 Å². The third-order valence-electron chi connectivity index (χ3n) is 4.63. The lowest BCUT2D eigenvalue weighted by Crippen LogP contribution is -2.50. The molecule has 1 aromatic rings. The van der Waals surface area contributed by atoms with Crippen molar-refractivity contribution in [3.8, 4) is 0 Å². The van der Waals surface area contributed by atoms with E-state index in [0.717, 1.165) is 32.4 Å². The minimum absolute atomic E-state index is 0.000865. The first kappa shape index (κ1) is 12.9. The van der Waals surface area contributed by atoms with Gasteiger partial charge in [-0.05, 0) is 68.9 Å². The van der Waals surface area contributed by atoms with Crippen LogP contribution in [0.3, 0.4) is 0 Å². The molecule has 1 heterocycles. The summed E-state index contributed by atoms with van der Waals surface area (Å²) in [6, 6.07) is 6.93. The van der Waals surface area contributed by atoms with Gasteiger partial charge in [-0.25, -0.2) is 0 Å². The number of hydrogen-bond donors (Lipinski definition) is 1. The van der Waals surface area contributed by atoms with Crippen molar-refractivity contribution < 1.29 is 0 Å². The number of benzene rings is 1. The molecule has 0 aromatic heterocycles. The van der Waals surface area contributed by atoms with E-state index in [1.807, 2.05) is 0 Å². The van der Waals surface area contributed by atoms with Gasteiger partial charge in [0.25, 0.3) is 0 Å². The molecule has 2 N–H and O–H groups in total. The summed E-state index contributed by atoms with van der Waals surface area (Å²) in [6.45, 7) is 2.25. The molecule has 2 nitrogen and oxygen atoms in total. The van der Waals surface area contributed by atoms with Crippen LogP contribution in [0.2, 0.25) is 0 Å². The van der Waals surface area contributed by atoms with Gasteiger partial charge in [0.1, 0.15) is 0 Å². The third-order valence-corrected chi connectivity index (χ3v) is 4.63. The van der Waals surface area contributed by atoms with Crippen molar-refractivity contribution in [2.75, 3.05) is 20.1 Å². The summed E-state index contributed by atoms with van der Waals surface area (Å²) in [7, 11) is 2.18. The first-order valence-electron chi connectivity index (χ1n) is 7.40. The highest BCUT2D eigenvalue weighted by Gasteiger charge is 2.29. The molecule has 0 amide bonds. The largest absolute Gasteiger partial charge is 0.325 e. The fourth-order valence-corrected chi connectivity index (χ4v) is 3.23. The molecule has 3 rings (SSSR count). The lowest BCUT2D eigenvalue weighted by molar-refractivity contribution is 0.190. The van der Waals surface area contributed by atoms with Crippen molar-refractivity contribution >= 4 is 6.08 Å². The SMILES string of the molecule is CN1CCC(N)(Cc2ccc3c(c2)C=CCC3)CC1. The van der Waals surface area contributed by atoms with Crippen molar-refractivity contribution in [1.82, 2.24) is 4.90 Å². The Balaban J connectivity index is 1.75. The Morgan fingerprint density at radius 3 is 2.84 bits per heavy atom. The molecule has 1 aliphatic heterocycles. The zero-order valence-electron chi connectivity index (χ0n) is 11.9. The maximum atomic E-state index is 6.58. The molecule has 1 aromatic carbocycles. The third kappa shape index (κ3) is 2.90. The Morgan fingerprint density at radius 2 is 2.05 bits per heavy atom. The highest BCUT2D eigenvalue weighted by molar-refractivity contribution is 5.57. The van der Waals surface area contributed by atoms with Crippen molar-refractivity contribution in [1.29, 1.82) is 0 Å². The number of rotatable bonds is 2. The second-order valence-corrected chi connectivity index (χ2v) is 6.32. The normalized spacial score (nSPS) is 22.2. The van der Waals surface area contributed by atoms with E-state index in [-0.39, 0.29) is 5.54 Å². The maximum Gasteiger partial charge on any atom is 0.0219 e. The van der Waals surface area contributed by atoms with Crippen LogP contribution in [0.25, 0.3) is 6.08 Å². The van der Waals surface area contributed by atoms with Gasteiger partial charge in [0.15, 0.2) is 0 Å². The smallest absolute Gasteiger partial charge is 0.0219 e. The van der Waals surface area contributed by atoms with Crippen molar-refractivity contribution in [2.45, 2.75) is 37.6 Å². The first-order chi connectivity index (χ1) is 9.15. The molecule has 2 heteroatoms. The highest BCUT2D eigenvalue weighted by atomic mass is 15.1. The minimum Gasteiger partial charge on any atom is -0.325 e. The molecular formula is C17H24N2. The molecule has 2 aliphatic rings. The van der Waals surface area contributed by atoms with Crippen LogP contribution in [-0.2, 0) is 12.8 Å². The van der Waals surface area contributed by atoms with E-state index in [1.54, 1.807) is 0 Å². The highest BCUT2D eigenvalue weighted by Crippen LogP contribution is 2.26. The fourth-order valence-electron chi connectivity index (χ4n) is 3.23. The topological polar surface area (TPSA) is 29.3 Å². The Morgan fingerprint density at radius 1 is 1.26 bits per heavy atom. The predicted molar refractivity (Wildman–Crippen MR) is 81.2 cm³/mol. The van der Waals surface area contributed by atoms with E-state index < -0.39 is 0 Å². The standard InChI is InChI=1S/C17H24N2/c1-19-10-8-17(18,9-11-19)13-14-6-7-15-4-2-3-5-16(15)12-14/h3,5-7,12H,2,4,8-11,13,18H2,1H3. The van der Waals surface area contributed by atoms with Gasteiger partial charge in [-0.15, -0.1) is 0 Å². The Bertz CT molecular complexity index is 482. The van der Waals surface area contributed by atoms with E-state index in [0.29, 0.717) is 0 Å². The number of aryl methyl sites for hydroxylation is 1. The number of nitrogens with zero attached hydrogens (tertiary/aromatic N) is 1. The van der Waals surface area contributed by atoms with Crippen LogP contribution in [-0.4, -0.2) is 30.6 Å². The minimum atomic E-state index is -0.000865. The number of nitrogens with two attached hydrogens (primary N) is 1. The average molecular weight is 256 g/mol. The van der Waals surface area contributed by atoms with Crippen LogP contribution in [0.5, 0.6) is 0 Å². The van der Waals surface area contributed by atoms with Crippen molar-refractivity contribution in [3.05, 3.63) is 41.0 Å². The zero-order valence-corrected chi connectivity index (χ0v) is 11.9. The zero-order chi connectivity index (χ0) is 13.3. The van der Waals surface area contributed by atoms with Gasteiger partial charge in [0.05, 0.1) is 0 Å². The number of likely N-dealkylation sites (tertiary alicyclic amines) is 1. The molecule has 0 radical (unpaired) electrons. The summed E-state index contributed by atoms with van der Waals surface area (Å²) in [5.41, 5.74) is 10.9. The molecule has 0 saturated carbocycles. The Labute approximate surface area is 116 Å². The summed E-state index contributed by atoms with van der Waals surface area (Å²) in [6.07, 6.45) is 10.1. The quantitative estimate of drug-likeness (QED) is 0.881. The molecule has 0 spiro atoms. The van der Waals surface area contributed by atoms with Crippen LogP contribution < -0.4 is 5.73 Å². The molecule has 1 aliphatic carbocycles. The molecule has 102 valence electrons. The van der Waals surface area contributed by atoms with E-state index in [4.69, 9.17) is 5.73 Å². The van der Waals surface area contributed by atoms with Crippen LogP contribution in [0, 0.1) is 0 Å². The summed E-state index contributed by atoms with van der Waals surface area (Å²) in [5, 5.41) is 0. The van der Waals surface area contributed by atoms with Gasteiger partial charge in [-0.2, -0.15) is 0 Å². The van der Waals surface area contributed by atoms with Gasteiger partial charge in [0, 0.05) is 5.54 Å². The molecular weight excluding hydrogens is 232 g/mol. The van der Waals surface area contributed by atoms with Gasteiger partial charge in [-0.1, -0.05) is 30.4 Å². The second kappa shape index (κ2) is 5.10. The van der Waals surface area contributed by atoms with Crippen LogP contribution in [0.4, 0.5) is 0 Å². The lowest BCUT2D eigenvalue weighted by atomic mass is 9.82. The molecule has 1 fully saturated rings. The number of piperidine rings is 1. The first-order valence-corrected chi connectivity index (χ1v) is 7.40. The number of allylic oxidation sites excluding steroid dienone is 1. The van der Waals surface area contributed by atoms with E-state index in [1.165, 1.54) is 29.5 Å². The molecule has 0 atom stereocenters. The van der Waals surface area contributed by atoms with Crippen molar-refractivity contribution in [2.24, 2.45) is 5.73 Å². The Hall–Kier alpha value is -1.12. The van der Waals surface area contributed by atoms with Crippen LogP contribution >= 0.6 is 0 Å². The van der Waals surface area contributed by atoms with Crippen molar-refractivity contribution in [3.63, 3.8) is 0 Å². The van der Waals surface area contributed by atoms with Gasteiger partial charge in [0.2, 0.25) is 0 Å². The van der Waals surface area contributed by atoms with Gasteiger partial charge in [-0.3, -0.25) is 0 Å². The average Bonchev–Trinajstić information content (AvgIpc) is 2.42. The maximum absolute atomic E-state index is 6.58. The summed E-state index contributed by atoms with van der Waals surface area (Å²) >= 11 is 0. The van der Waals surface area contributed by atoms with E-state index in [9.17, 15) is 0 Å². The van der Waals surface area contributed by atoms with Gasteiger partial charge >= 0.3 is 0 Å². The predicted octanol–water partition coefficient (Wildman–Crippen LogP) is 2.61. The molecule has 1 saturated heterocycles. The Kier molecular flexibility index (Phi) is 3.46. The number of fused-ring (bicyclic) bond motifs is 1. The van der Waals surface area contributed by atoms with E-state index >= 15 is 0 Å². The second-order valence-electron chi connectivity index (χ2n) is 6.32. The molecule has 19 heavy (non-hydrogen) atoms. The van der Waals surface area contributed by atoms with Crippen LogP contribution in [0.1, 0.15) is 36.0 Å². The monoisotopic (exact) mass is 256 g/mol. The fraction of sp³-hybridized carbons (Fsp3) is 0.529. The summed E-state index contributed by atoms with van der Waals surface area (Å²) < 4.78 is 0.